The Labute approximate surface area is 279 Å². The number of benzene rings is 7. The molecule has 0 saturated carbocycles. The number of para-hydroxylation sites is 2. The first-order chi connectivity index (χ1) is 22.5. The van der Waals surface area contributed by atoms with Gasteiger partial charge in [-0.2, -0.15) is 0 Å². The molecule has 7 aromatic rings. The highest BCUT2D eigenvalue weighted by atomic mass is 79.9. The molecular formula is C43H33BrN2. The van der Waals surface area contributed by atoms with E-state index in [4.69, 9.17) is 0 Å². The van der Waals surface area contributed by atoms with Crippen molar-refractivity contribution >= 4 is 60.8 Å². The zero-order valence-corrected chi connectivity index (χ0v) is 27.4. The highest BCUT2D eigenvalue weighted by molar-refractivity contribution is 9.10. The Hall–Kier alpha value is -5.12. The lowest BCUT2D eigenvalue weighted by atomic mass is 9.82. The average Bonchev–Trinajstić information content (AvgIpc) is 3.31. The van der Waals surface area contributed by atoms with Gasteiger partial charge in [-0.25, -0.2) is 0 Å². The van der Waals surface area contributed by atoms with Gasteiger partial charge in [-0.1, -0.05) is 127 Å². The number of anilines is 6. The summed E-state index contributed by atoms with van der Waals surface area (Å²) in [5, 5.41) is 2.44. The van der Waals surface area contributed by atoms with Crippen molar-refractivity contribution in [2.45, 2.75) is 19.3 Å². The van der Waals surface area contributed by atoms with Crippen LogP contribution in [-0.4, -0.2) is 0 Å². The van der Waals surface area contributed by atoms with Crippen LogP contribution in [0.25, 0.3) is 21.9 Å². The zero-order valence-electron chi connectivity index (χ0n) is 25.9. The fourth-order valence-electron chi connectivity index (χ4n) is 7.01. The van der Waals surface area contributed by atoms with Crippen LogP contribution in [0.2, 0.25) is 0 Å². The molecule has 0 aromatic heterocycles. The molecule has 0 spiro atoms. The van der Waals surface area contributed by atoms with Gasteiger partial charge in [-0.15, -0.1) is 0 Å². The minimum absolute atomic E-state index is 0.0904. The van der Waals surface area contributed by atoms with E-state index in [0.29, 0.717) is 0 Å². The number of hydrogen-bond acceptors (Lipinski definition) is 2. The molecule has 0 unspecified atom stereocenters. The molecule has 0 saturated heterocycles. The molecule has 222 valence electrons. The maximum absolute atomic E-state index is 3.91. The van der Waals surface area contributed by atoms with Crippen molar-refractivity contribution in [3.05, 3.63) is 179 Å². The molecule has 46 heavy (non-hydrogen) atoms. The Morgan fingerprint density at radius 3 is 1.59 bits per heavy atom. The molecule has 0 heterocycles. The number of nitrogens with zero attached hydrogens (tertiary/aromatic N) is 2. The molecular weight excluding hydrogens is 624 g/mol. The molecule has 7 aromatic carbocycles. The molecule has 2 nitrogen and oxygen atoms in total. The second-order valence-electron chi connectivity index (χ2n) is 12.4. The number of fused-ring (bicyclic) bond motifs is 4. The third-order valence-corrected chi connectivity index (χ3v) is 9.69. The number of halogens is 1. The van der Waals surface area contributed by atoms with Crippen LogP contribution in [0, 0.1) is 0 Å². The Kier molecular flexibility index (Phi) is 7.00. The van der Waals surface area contributed by atoms with Crippen molar-refractivity contribution in [1.29, 1.82) is 0 Å². The highest BCUT2D eigenvalue weighted by Gasteiger charge is 2.35. The topological polar surface area (TPSA) is 6.48 Å². The summed E-state index contributed by atoms with van der Waals surface area (Å²) in [4.78, 5) is 4.71. The van der Waals surface area contributed by atoms with Gasteiger partial charge in [0.25, 0.3) is 0 Å². The van der Waals surface area contributed by atoms with Crippen LogP contribution in [0.1, 0.15) is 25.0 Å². The molecule has 0 N–H and O–H groups in total. The summed E-state index contributed by atoms with van der Waals surface area (Å²) in [7, 11) is 0. The first-order valence-corrected chi connectivity index (χ1v) is 16.5. The predicted octanol–water partition coefficient (Wildman–Crippen LogP) is 12.8. The molecule has 0 aliphatic heterocycles. The molecule has 1 aliphatic rings. The first-order valence-electron chi connectivity index (χ1n) is 15.7. The molecule has 0 atom stereocenters. The molecule has 8 rings (SSSR count). The Morgan fingerprint density at radius 2 is 0.913 bits per heavy atom. The van der Waals surface area contributed by atoms with Crippen LogP contribution in [0.5, 0.6) is 0 Å². The van der Waals surface area contributed by atoms with E-state index in [1.807, 2.05) is 0 Å². The van der Waals surface area contributed by atoms with Crippen LogP contribution in [0.4, 0.5) is 34.1 Å². The normalized spacial score (nSPS) is 12.8. The number of rotatable bonds is 6. The summed E-state index contributed by atoms with van der Waals surface area (Å²) < 4.78 is 1.01. The lowest BCUT2D eigenvalue weighted by Crippen LogP contribution is -2.17. The van der Waals surface area contributed by atoms with Crippen LogP contribution in [0.15, 0.2) is 168 Å². The van der Waals surface area contributed by atoms with Gasteiger partial charge < -0.3 is 9.80 Å². The Morgan fingerprint density at radius 1 is 0.391 bits per heavy atom. The smallest absolute Gasteiger partial charge is 0.0493 e. The molecule has 1 aliphatic carbocycles. The third-order valence-electron chi connectivity index (χ3n) is 9.23. The average molecular weight is 658 g/mol. The SMILES string of the molecule is CC1(C)c2ccccc2-c2ccc(N(c3ccccc3)c3cc(Br)cc(N(c4ccccc4)c4ccc5ccccc5c4)c3)cc21. The van der Waals surface area contributed by atoms with Gasteiger partial charge in [-0.3, -0.25) is 0 Å². The van der Waals surface area contributed by atoms with Gasteiger partial charge >= 0.3 is 0 Å². The molecule has 0 fully saturated rings. The van der Waals surface area contributed by atoms with E-state index in [1.54, 1.807) is 0 Å². The molecule has 0 bridgehead atoms. The monoisotopic (exact) mass is 656 g/mol. The first kappa shape index (κ1) is 28.4. The summed E-state index contributed by atoms with van der Waals surface area (Å²) in [5.41, 5.74) is 11.9. The van der Waals surface area contributed by atoms with Crippen LogP contribution in [0.3, 0.4) is 0 Å². The maximum Gasteiger partial charge on any atom is 0.0493 e. The standard InChI is InChI=1S/C43H33BrN2/c1-43(2)41-20-12-11-19-39(41)40-24-23-36(29-42(40)43)46(34-17-7-4-8-18-34)38-27-32(44)26-37(28-38)45(33-15-5-3-6-16-33)35-22-21-30-13-9-10-14-31(30)25-35/h3-29H,1-2H3. The summed E-state index contributed by atoms with van der Waals surface area (Å²) in [6, 6.07) is 59.0. The van der Waals surface area contributed by atoms with Crippen molar-refractivity contribution < 1.29 is 0 Å². The van der Waals surface area contributed by atoms with E-state index in [-0.39, 0.29) is 5.41 Å². The van der Waals surface area contributed by atoms with Crippen molar-refractivity contribution in [2.75, 3.05) is 9.80 Å². The van der Waals surface area contributed by atoms with Gasteiger partial charge in [0.05, 0.1) is 0 Å². The van der Waals surface area contributed by atoms with E-state index in [2.05, 4.69) is 203 Å². The van der Waals surface area contributed by atoms with Crippen molar-refractivity contribution in [3.8, 4) is 11.1 Å². The second-order valence-corrected chi connectivity index (χ2v) is 13.4. The molecule has 0 amide bonds. The van der Waals surface area contributed by atoms with Crippen molar-refractivity contribution in [1.82, 2.24) is 0 Å². The van der Waals surface area contributed by atoms with Gasteiger partial charge in [0.15, 0.2) is 0 Å². The van der Waals surface area contributed by atoms with Crippen molar-refractivity contribution in [2.24, 2.45) is 0 Å². The van der Waals surface area contributed by atoms with E-state index in [9.17, 15) is 0 Å². The lowest BCUT2D eigenvalue weighted by molar-refractivity contribution is 0.660. The largest absolute Gasteiger partial charge is 0.310 e. The summed E-state index contributed by atoms with van der Waals surface area (Å²) >= 11 is 3.91. The van der Waals surface area contributed by atoms with Gasteiger partial charge in [-0.05, 0) is 99.8 Å². The Bertz CT molecular complexity index is 2200. The summed E-state index contributed by atoms with van der Waals surface area (Å²) in [6.07, 6.45) is 0. The third kappa shape index (κ3) is 4.88. The minimum Gasteiger partial charge on any atom is -0.310 e. The predicted molar refractivity (Wildman–Crippen MR) is 199 cm³/mol. The van der Waals surface area contributed by atoms with Crippen LogP contribution < -0.4 is 9.80 Å². The minimum atomic E-state index is -0.0904. The zero-order chi connectivity index (χ0) is 31.3. The Balaban J connectivity index is 1.31. The van der Waals surface area contributed by atoms with E-state index in [0.717, 1.165) is 38.6 Å². The van der Waals surface area contributed by atoms with Gasteiger partial charge in [0.2, 0.25) is 0 Å². The van der Waals surface area contributed by atoms with Crippen LogP contribution in [-0.2, 0) is 5.41 Å². The molecule has 0 radical (unpaired) electrons. The lowest BCUT2D eigenvalue weighted by Gasteiger charge is -2.31. The summed E-state index contributed by atoms with van der Waals surface area (Å²) in [5.74, 6) is 0. The molecule has 3 heteroatoms. The van der Waals surface area contributed by atoms with E-state index >= 15 is 0 Å². The summed E-state index contributed by atoms with van der Waals surface area (Å²) in [6.45, 7) is 4.68. The van der Waals surface area contributed by atoms with Gasteiger partial charge in [0, 0.05) is 44.0 Å². The van der Waals surface area contributed by atoms with Crippen LogP contribution >= 0.6 is 15.9 Å². The van der Waals surface area contributed by atoms with E-state index in [1.165, 1.54) is 33.0 Å². The highest BCUT2D eigenvalue weighted by Crippen LogP contribution is 2.51. The number of hydrogen-bond donors (Lipinski definition) is 0. The van der Waals surface area contributed by atoms with Gasteiger partial charge in [0.1, 0.15) is 0 Å². The quantitative estimate of drug-likeness (QED) is 0.176. The fourth-order valence-corrected chi connectivity index (χ4v) is 7.48. The van der Waals surface area contributed by atoms with E-state index < -0.39 is 0 Å². The van der Waals surface area contributed by atoms with Crippen molar-refractivity contribution in [3.63, 3.8) is 0 Å². The maximum atomic E-state index is 3.91. The second kappa shape index (κ2) is 11.3. The fraction of sp³-hybridized carbons (Fsp3) is 0.0698.